The van der Waals surface area contributed by atoms with Crippen molar-refractivity contribution in [1.29, 1.82) is 0 Å². The van der Waals surface area contributed by atoms with E-state index in [1.807, 2.05) is 0 Å². The van der Waals surface area contributed by atoms with Gasteiger partial charge in [0.05, 0.1) is 8.49 Å². The summed E-state index contributed by atoms with van der Waals surface area (Å²) in [5, 5.41) is 16.2. The van der Waals surface area contributed by atoms with Gasteiger partial charge >= 0.3 is 0 Å². The number of rotatable bonds is 6. The number of carbonyl (C=O) groups is 1. The van der Waals surface area contributed by atoms with Crippen LogP contribution < -0.4 is 10.6 Å². The Bertz CT molecular complexity index is 496. The Morgan fingerprint density at radius 2 is 2.21 bits per heavy atom. The summed E-state index contributed by atoms with van der Waals surface area (Å²) in [6, 6.07) is 2.22. The molecule has 0 fully saturated rings. The number of anilines is 1. The highest BCUT2D eigenvalue weighted by atomic mass is 127. The van der Waals surface area contributed by atoms with Gasteiger partial charge in [-0.25, -0.2) is 4.39 Å². The molecule has 104 valence electrons. The Morgan fingerprint density at radius 1 is 1.53 bits per heavy atom. The molecule has 0 spiro atoms. The first-order chi connectivity index (χ1) is 8.95. The molecule has 0 saturated carbocycles. The van der Waals surface area contributed by atoms with Crippen LogP contribution in [0.1, 0.15) is 13.3 Å². The van der Waals surface area contributed by atoms with Gasteiger partial charge in [-0.2, -0.15) is 0 Å². The number of amides is 1. The Balaban J connectivity index is 2.74. The summed E-state index contributed by atoms with van der Waals surface area (Å²) < 4.78 is 13.6. The molecule has 0 aliphatic carbocycles. The lowest BCUT2D eigenvalue weighted by atomic mass is 10.2. The number of nitrogens with one attached hydrogen (secondary N) is 2. The van der Waals surface area contributed by atoms with Crippen molar-refractivity contribution in [3.05, 3.63) is 31.6 Å². The van der Waals surface area contributed by atoms with Crippen LogP contribution in [0.4, 0.5) is 15.8 Å². The van der Waals surface area contributed by atoms with E-state index in [-0.39, 0.29) is 33.8 Å². The van der Waals surface area contributed by atoms with E-state index in [1.54, 1.807) is 29.5 Å². The van der Waals surface area contributed by atoms with Crippen molar-refractivity contribution < 1.29 is 14.1 Å². The van der Waals surface area contributed by atoms with Gasteiger partial charge in [0.1, 0.15) is 11.5 Å². The molecule has 6 nitrogen and oxygen atoms in total. The second kappa shape index (κ2) is 7.22. The fraction of sp³-hybridized carbons (Fsp3) is 0.364. The van der Waals surface area contributed by atoms with Crippen LogP contribution in [0, 0.1) is 19.5 Å². The second-order valence-electron chi connectivity index (χ2n) is 3.67. The first-order valence-corrected chi connectivity index (χ1v) is 6.67. The minimum absolute atomic E-state index is 0.0761. The van der Waals surface area contributed by atoms with E-state index in [9.17, 15) is 19.3 Å². The number of carbonyl (C=O) groups excluding carboxylic acids is 1. The van der Waals surface area contributed by atoms with Crippen LogP contribution in [0.3, 0.4) is 0 Å². The van der Waals surface area contributed by atoms with Crippen LogP contribution in [-0.4, -0.2) is 23.9 Å². The van der Waals surface area contributed by atoms with Gasteiger partial charge in [0.2, 0.25) is 5.91 Å². The molecular formula is C11H13FIN3O3. The average molecular weight is 381 g/mol. The number of halogens is 2. The standard InChI is InChI=1S/C11H13FIN3O3/c1-2-14-11(17)3-4-15-9-5-7(12)8(13)6-10(9)16(18)19/h5-6,15H,2-4H2,1H3,(H,14,17). The molecule has 1 rings (SSSR count). The molecule has 1 amide bonds. The summed E-state index contributed by atoms with van der Waals surface area (Å²) in [5.41, 5.74) is -0.131. The zero-order valence-electron chi connectivity index (χ0n) is 10.2. The van der Waals surface area contributed by atoms with Crippen molar-refractivity contribution in [2.45, 2.75) is 13.3 Å². The molecule has 0 bridgehead atoms. The second-order valence-corrected chi connectivity index (χ2v) is 4.83. The van der Waals surface area contributed by atoms with Gasteiger partial charge in [-0.1, -0.05) is 0 Å². The molecule has 8 heteroatoms. The van der Waals surface area contributed by atoms with Gasteiger partial charge in [-0.3, -0.25) is 14.9 Å². The van der Waals surface area contributed by atoms with E-state index in [0.29, 0.717) is 6.54 Å². The maximum Gasteiger partial charge on any atom is 0.293 e. The van der Waals surface area contributed by atoms with E-state index in [1.165, 1.54) is 0 Å². The van der Waals surface area contributed by atoms with Crippen LogP contribution >= 0.6 is 22.6 Å². The summed E-state index contributed by atoms with van der Waals surface area (Å²) in [5.74, 6) is -0.699. The predicted octanol–water partition coefficient (Wildman–Crippen LogP) is 2.28. The lowest BCUT2D eigenvalue weighted by molar-refractivity contribution is -0.384. The molecule has 0 saturated heterocycles. The van der Waals surface area contributed by atoms with E-state index >= 15 is 0 Å². The van der Waals surface area contributed by atoms with Crippen molar-refractivity contribution in [3.63, 3.8) is 0 Å². The SMILES string of the molecule is CCNC(=O)CCNc1cc(F)c(I)cc1[N+](=O)[O-]. The quantitative estimate of drug-likeness (QED) is 0.450. The summed E-state index contributed by atoms with van der Waals surface area (Å²) in [6.45, 7) is 2.52. The zero-order chi connectivity index (χ0) is 14.4. The summed E-state index contributed by atoms with van der Waals surface area (Å²) in [6.07, 6.45) is 0.165. The Kier molecular flexibility index (Phi) is 5.93. The van der Waals surface area contributed by atoms with E-state index < -0.39 is 10.7 Å². The van der Waals surface area contributed by atoms with Crippen molar-refractivity contribution in [1.82, 2.24) is 5.32 Å². The molecule has 0 aliphatic rings. The maximum absolute atomic E-state index is 13.4. The Morgan fingerprint density at radius 3 is 2.79 bits per heavy atom. The molecule has 2 N–H and O–H groups in total. The summed E-state index contributed by atoms with van der Waals surface area (Å²) >= 11 is 1.69. The van der Waals surface area contributed by atoms with Crippen LogP contribution in [-0.2, 0) is 4.79 Å². The van der Waals surface area contributed by atoms with E-state index in [0.717, 1.165) is 12.1 Å². The van der Waals surface area contributed by atoms with Gasteiger partial charge < -0.3 is 10.6 Å². The lowest BCUT2D eigenvalue weighted by Crippen LogP contribution is -2.24. The topological polar surface area (TPSA) is 84.3 Å². The number of nitro groups is 1. The van der Waals surface area contributed by atoms with Crippen molar-refractivity contribution in [3.8, 4) is 0 Å². The molecular weight excluding hydrogens is 368 g/mol. The van der Waals surface area contributed by atoms with Crippen LogP contribution in [0.5, 0.6) is 0 Å². The average Bonchev–Trinajstić information content (AvgIpc) is 2.33. The van der Waals surface area contributed by atoms with Crippen molar-refractivity contribution >= 4 is 39.9 Å². The highest BCUT2D eigenvalue weighted by Gasteiger charge is 2.17. The molecule has 0 aromatic heterocycles. The third-order valence-electron chi connectivity index (χ3n) is 2.28. The molecule has 0 radical (unpaired) electrons. The fourth-order valence-electron chi connectivity index (χ4n) is 1.43. The van der Waals surface area contributed by atoms with E-state index in [4.69, 9.17) is 0 Å². The van der Waals surface area contributed by atoms with Crippen LogP contribution in [0.2, 0.25) is 0 Å². The third kappa shape index (κ3) is 4.62. The minimum atomic E-state index is -0.587. The highest BCUT2D eigenvalue weighted by molar-refractivity contribution is 14.1. The number of hydrogen-bond acceptors (Lipinski definition) is 4. The zero-order valence-corrected chi connectivity index (χ0v) is 12.4. The molecule has 0 atom stereocenters. The van der Waals surface area contributed by atoms with Crippen molar-refractivity contribution in [2.24, 2.45) is 0 Å². The first-order valence-electron chi connectivity index (χ1n) is 5.59. The highest BCUT2D eigenvalue weighted by Crippen LogP contribution is 2.28. The van der Waals surface area contributed by atoms with Gasteiger partial charge in [-0.15, -0.1) is 0 Å². The number of hydrogen-bond donors (Lipinski definition) is 2. The minimum Gasteiger partial charge on any atom is -0.379 e. The largest absolute Gasteiger partial charge is 0.379 e. The van der Waals surface area contributed by atoms with E-state index in [2.05, 4.69) is 10.6 Å². The van der Waals surface area contributed by atoms with Gasteiger partial charge in [0.15, 0.2) is 0 Å². The van der Waals surface area contributed by atoms with Crippen LogP contribution in [0.15, 0.2) is 12.1 Å². The number of nitrogens with zero attached hydrogens (tertiary/aromatic N) is 1. The smallest absolute Gasteiger partial charge is 0.293 e. The van der Waals surface area contributed by atoms with Gasteiger partial charge in [-0.05, 0) is 29.5 Å². The van der Waals surface area contributed by atoms with Gasteiger partial charge in [0, 0.05) is 31.6 Å². The number of nitro benzene ring substituents is 1. The molecule has 0 heterocycles. The van der Waals surface area contributed by atoms with Gasteiger partial charge in [0.25, 0.3) is 5.69 Å². The Labute approximate surface area is 123 Å². The monoisotopic (exact) mass is 381 g/mol. The molecule has 1 aromatic carbocycles. The third-order valence-corrected chi connectivity index (χ3v) is 3.10. The molecule has 0 aliphatic heterocycles. The summed E-state index contributed by atoms with van der Waals surface area (Å²) in [4.78, 5) is 21.5. The molecule has 0 unspecified atom stereocenters. The maximum atomic E-state index is 13.4. The predicted molar refractivity (Wildman–Crippen MR) is 77.6 cm³/mol. The normalized spacial score (nSPS) is 10.1. The molecule has 1 aromatic rings. The fourth-order valence-corrected chi connectivity index (χ4v) is 1.88. The number of benzene rings is 1. The van der Waals surface area contributed by atoms with Crippen molar-refractivity contribution in [2.75, 3.05) is 18.4 Å². The Hall–Kier alpha value is -1.45. The lowest BCUT2D eigenvalue weighted by Gasteiger charge is -2.08. The molecule has 19 heavy (non-hydrogen) atoms. The summed E-state index contributed by atoms with van der Waals surface area (Å²) in [7, 11) is 0. The van der Waals surface area contributed by atoms with Crippen LogP contribution in [0.25, 0.3) is 0 Å². The first kappa shape index (κ1) is 15.6.